The fraction of sp³-hybridized carbons (Fsp3) is 0.200. The molecule has 0 saturated carbocycles. The fourth-order valence-corrected chi connectivity index (χ4v) is 4.99. The van der Waals surface area contributed by atoms with E-state index in [0.29, 0.717) is 41.7 Å². The average molecular weight is 496 g/mol. The summed E-state index contributed by atoms with van der Waals surface area (Å²) in [4.78, 5) is 24.8. The molecule has 0 bridgehead atoms. The maximum absolute atomic E-state index is 13.7. The molecular weight excluding hydrogens is 470 g/mol. The first-order valence-electron chi connectivity index (χ1n) is 10.9. The number of fused-ring (bicyclic) bond motifs is 1. The zero-order valence-corrected chi connectivity index (χ0v) is 20.1. The summed E-state index contributed by atoms with van der Waals surface area (Å²) < 4.78 is 39.4. The van der Waals surface area contributed by atoms with Crippen molar-refractivity contribution in [3.8, 4) is 11.5 Å². The number of nitrogens with zero attached hydrogens (tertiary/aromatic N) is 1. The van der Waals surface area contributed by atoms with Crippen LogP contribution < -0.4 is 24.4 Å². The zero-order chi connectivity index (χ0) is 25.0. The molecule has 3 aromatic carbocycles. The lowest BCUT2D eigenvalue weighted by molar-refractivity contribution is -0.114. The van der Waals surface area contributed by atoms with Gasteiger partial charge in [-0.1, -0.05) is 23.8 Å². The van der Waals surface area contributed by atoms with Crippen molar-refractivity contribution >= 4 is 33.2 Å². The zero-order valence-electron chi connectivity index (χ0n) is 19.3. The third-order valence-electron chi connectivity index (χ3n) is 5.35. The number of carbonyl (C=O) groups is 2. The van der Waals surface area contributed by atoms with Crippen molar-refractivity contribution in [1.82, 2.24) is 5.32 Å². The van der Waals surface area contributed by atoms with E-state index < -0.39 is 22.5 Å². The molecule has 0 aliphatic carbocycles. The number of benzene rings is 3. The molecule has 1 aliphatic rings. The Morgan fingerprint density at radius 1 is 0.943 bits per heavy atom. The molecule has 2 amide bonds. The summed E-state index contributed by atoms with van der Waals surface area (Å²) >= 11 is 0. The van der Waals surface area contributed by atoms with Gasteiger partial charge in [0.25, 0.3) is 15.9 Å². The number of hydrogen-bond acceptors (Lipinski definition) is 6. The third kappa shape index (κ3) is 5.38. The molecule has 10 heteroatoms. The number of nitrogens with one attached hydrogen (secondary N) is 2. The van der Waals surface area contributed by atoms with Gasteiger partial charge in [-0.25, -0.2) is 8.42 Å². The summed E-state index contributed by atoms with van der Waals surface area (Å²) in [5.74, 6) is -0.0770. The molecule has 0 aromatic heterocycles. The van der Waals surface area contributed by atoms with Crippen molar-refractivity contribution in [3.63, 3.8) is 0 Å². The molecule has 2 N–H and O–H groups in total. The van der Waals surface area contributed by atoms with Crippen molar-refractivity contribution in [1.29, 1.82) is 0 Å². The van der Waals surface area contributed by atoms with Crippen LogP contribution in [0.3, 0.4) is 0 Å². The number of amides is 2. The van der Waals surface area contributed by atoms with Crippen LogP contribution in [0.15, 0.2) is 71.6 Å². The van der Waals surface area contributed by atoms with Crippen molar-refractivity contribution < 1.29 is 27.5 Å². The maximum Gasteiger partial charge on any atom is 0.264 e. The number of carbonyl (C=O) groups excluding carboxylic acids is 2. The minimum Gasteiger partial charge on any atom is -0.486 e. The number of sulfonamides is 1. The van der Waals surface area contributed by atoms with Crippen molar-refractivity contribution in [3.05, 3.63) is 77.9 Å². The topological polar surface area (TPSA) is 114 Å². The van der Waals surface area contributed by atoms with Crippen molar-refractivity contribution in [2.24, 2.45) is 0 Å². The summed E-state index contributed by atoms with van der Waals surface area (Å²) in [5.41, 5.74) is 2.02. The number of anilines is 2. The first-order chi connectivity index (χ1) is 16.8. The van der Waals surface area contributed by atoms with Crippen LogP contribution in [0.1, 0.15) is 15.9 Å². The van der Waals surface area contributed by atoms with Gasteiger partial charge in [0.15, 0.2) is 11.5 Å². The molecule has 9 nitrogen and oxygen atoms in total. The molecule has 35 heavy (non-hydrogen) atoms. The Morgan fingerprint density at radius 2 is 1.66 bits per heavy atom. The monoisotopic (exact) mass is 495 g/mol. The highest BCUT2D eigenvalue weighted by atomic mass is 32.2. The van der Waals surface area contributed by atoms with Crippen LogP contribution in [0.25, 0.3) is 0 Å². The SMILES string of the molecule is CNC(=O)c1cccc(NC(=O)CN(c2ccc(C)cc2)S(=O)(=O)c2ccc3c(c2)OCCO3)c1. The van der Waals surface area contributed by atoms with Crippen LogP contribution in [0.5, 0.6) is 11.5 Å². The molecule has 0 spiro atoms. The highest BCUT2D eigenvalue weighted by Gasteiger charge is 2.29. The molecule has 1 heterocycles. The minimum absolute atomic E-state index is 0.0308. The van der Waals surface area contributed by atoms with Gasteiger partial charge in [-0.3, -0.25) is 13.9 Å². The van der Waals surface area contributed by atoms with Crippen molar-refractivity contribution in [2.75, 3.05) is 36.4 Å². The average Bonchev–Trinajstić information content (AvgIpc) is 2.87. The van der Waals surface area contributed by atoms with E-state index in [9.17, 15) is 18.0 Å². The summed E-state index contributed by atoms with van der Waals surface area (Å²) in [5, 5.41) is 5.20. The molecule has 0 saturated heterocycles. The lowest BCUT2D eigenvalue weighted by Crippen LogP contribution is -2.38. The van der Waals surface area contributed by atoms with E-state index in [1.807, 2.05) is 6.92 Å². The van der Waals surface area contributed by atoms with E-state index in [1.165, 1.54) is 25.2 Å². The quantitative estimate of drug-likeness (QED) is 0.521. The second-order valence-electron chi connectivity index (χ2n) is 7.86. The second kappa shape index (κ2) is 10.1. The van der Waals surface area contributed by atoms with Gasteiger partial charge in [0.2, 0.25) is 5.91 Å². The molecule has 0 atom stereocenters. The third-order valence-corrected chi connectivity index (χ3v) is 7.12. The number of hydrogen-bond donors (Lipinski definition) is 2. The Balaban J connectivity index is 1.64. The van der Waals surface area contributed by atoms with E-state index in [4.69, 9.17) is 9.47 Å². The highest BCUT2D eigenvalue weighted by Crippen LogP contribution is 2.34. The van der Waals surface area contributed by atoms with Gasteiger partial charge in [0, 0.05) is 24.4 Å². The number of rotatable bonds is 7. The molecule has 0 fully saturated rings. The highest BCUT2D eigenvalue weighted by molar-refractivity contribution is 7.92. The lowest BCUT2D eigenvalue weighted by atomic mass is 10.2. The van der Waals surface area contributed by atoms with Gasteiger partial charge in [-0.15, -0.1) is 0 Å². The first-order valence-corrected chi connectivity index (χ1v) is 12.3. The van der Waals surface area contributed by atoms with Gasteiger partial charge in [0.1, 0.15) is 19.8 Å². The molecule has 0 radical (unpaired) electrons. The van der Waals surface area contributed by atoms with E-state index in [0.717, 1.165) is 9.87 Å². The van der Waals surface area contributed by atoms with Crippen LogP contribution in [0.2, 0.25) is 0 Å². The van der Waals surface area contributed by atoms with Crippen LogP contribution in [-0.2, 0) is 14.8 Å². The van der Waals surface area contributed by atoms with Crippen LogP contribution >= 0.6 is 0 Å². The number of aryl methyl sites for hydroxylation is 1. The van der Waals surface area contributed by atoms with Crippen LogP contribution in [0, 0.1) is 6.92 Å². The summed E-state index contributed by atoms with van der Waals surface area (Å²) in [6.45, 7) is 2.10. The van der Waals surface area contributed by atoms with Crippen molar-refractivity contribution in [2.45, 2.75) is 11.8 Å². The second-order valence-corrected chi connectivity index (χ2v) is 9.72. The fourth-order valence-electron chi connectivity index (χ4n) is 3.55. The van der Waals surface area contributed by atoms with Gasteiger partial charge >= 0.3 is 0 Å². The largest absolute Gasteiger partial charge is 0.486 e. The number of ether oxygens (including phenoxy) is 2. The molecule has 4 rings (SSSR count). The summed E-state index contributed by atoms with van der Waals surface area (Å²) in [7, 11) is -2.63. The van der Waals surface area contributed by atoms with Gasteiger partial charge in [0.05, 0.1) is 10.6 Å². The van der Waals surface area contributed by atoms with Gasteiger partial charge in [-0.2, -0.15) is 0 Å². The predicted octanol–water partition coefficient (Wildman–Crippen LogP) is 2.96. The van der Waals surface area contributed by atoms with Crippen LogP contribution in [0.4, 0.5) is 11.4 Å². The van der Waals surface area contributed by atoms with E-state index >= 15 is 0 Å². The van der Waals surface area contributed by atoms with Gasteiger partial charge in [-0.05, 0) is 49.4 Å². The predicted molar refractivity (Wildman–Crippen MR) is 132 cm³/mol. The maximum atomic E-state index is 13.7. The Labute approximate surface area is 203 Å². The Morgan fingerprint density at radius 3 is 2.37 bits per heavy atom. The standard InChI is InChI=1S/C25H25N3O6S/c1-17-6-8-20(9-7-17)28(16-24(29)27-19-5-3-4-18(14-19)25(30)26-2)35(31,32)21-10-11-22-23(15-21)34-13-12-33-22/h3-11,14-15H,12-13,16H2,1-2H3,(H,26,30)(H,27,29). The molecule has 1 aliphatic heterocycles. The molecular formula is C25H25N3O6S. The molecule has 0 unspecified atom stereocenters. The van der Waals surface area contributed by atoms with E-state index in [1.54, 1.807) is 48.5 Å². The van der Waals surface area contributed by atoms with Gasteiger partial charge < -0.3 is 20.1 Å². The Hall–Kier alpha value is -4.05. The molecule has 182 valence electrons. The summed E-state index contributed by atoms with van der Waals surface area (Å²) in [6, 6.07) is 17.6. The lowest BCUT2D eigenvalue weighted by Gasteiger charge is -2.25. The van der Waals surface area contributed by atoms with E-state index in [-0.39, 0.29) is 10.8 Å². The summed E-state index contributed by atoms with van der Waals surface area (Å²) in [6.07, 6.45) is 0. The van der Waals surface area contributed by atoms with E-state index in [2.05, 4.69) is 10.6 Å². The first kappa shape index (κ1) is 24.1. The van der Waals surface area contributed by atoms with Crippen LogP contribution in [-0.4, -0.2) is 47.0 Å². The normalized spacial score (nSPS) is 12.5. The smallest absolute Gasteiger partial charge is 0.264 e. The molecule has 3 aromatic rings. The Kier molecular flexibility index (Phi) is 6.92. The Bertz CT molecular complexity index is 1360. The minimum atomic E-state index is -4.14.